The Bertz CT molecular complexity index is 269. The van der Waals surface area contributed by atoms with E-state index in [-0.39, 0.29) is 17.9 Å². The van der Waals surface area contributed by atoms with E-state index in [1.807, 2.05) is 6.07 Å². The Morgan fingerprint density at radius 3 is 2.81 bits per heavy atom. The fourth-order valence-corrected chi connectivity index (χ4v) is 1.69. The van der Waals surface area contributed by atoms with Crippen molar-refractivity contribution in [1.29, 1.82) is 5.26 Å². The zero-order valence-electron chi connectivity index (χ0n) is 9.46. The molecular formula is C11H19N3O2. The number of nitriles is 1. The predicted octanol–water partition coefficient (Wildman–Crippen LogP) is -0.232. The molecule has 0 heterocycles. The number of rotatable bonds is 8. The zero-order valence-corrected chi connectivity index (χ0v) is 9.46. The quantitative estimate of drug-likeness (QED) is 0.498. The molecule has 0 unspecified atom stereocenters. The van der Waals surface area contributed by atoms with Crippen LogP contribution in [0.5, 0.6) is 0 Å². The van der Waals surface area contributed by atoms with Crippen molar-refractivity contribution in [1.82, 2.24) is 10.6 Å². The molecule has 1 amide bonds. The molecular weight excluding hydrogens is 206 g/mol. The number of nitrogens with zero attached hydrogens (tertiary/aromatic N) is 1. The van der Waals surface area contributed by atoms with Gasteiger partial charge in [-0.2, -0.15) is 5.26 Å². The van der Waals surface area contributed by atoms with E-state index in [1.165, 1.54) is 0 Å². The summed E-state index contributed by atoms with van der Waals surface area (Å²) in [5.41, 5.74) is 0.238. The lowest BCUT2D eigenvalue weighted by molar-refractivity contribution is -0.120. The third kappa shape index (κ3) is 4.60. The van der Waals surface area contributed by atoms with E-state index in [4.69, 9.17) is 10.4 Å². The van der Waals surface area contributed by atoms with E-state index in [1.54, 1.807) is 0 Å². The van der Waals surface area contributed by atoms with Crippen molar-refractivity contribution in [3.63, 3.8) is 0 Å². The average molecular weight is 225 g/mol. The number of carbonyl (C=O) groups is 1. The molecule has 3 N–H and O–H groups in total. The van der Waals surface area contributed by atoms with Gasteiger partial charge < -0.3 is 15.7 Å². The van der Waals surface area contributed by atoms with Gasteiger partial charge in [-0.25, -0.2) is 0 Å². The topological polar surface area (TPSA) is 85.2 Å². The Kier molecular flexibility index (Phi) is 5.23. The SMILES string of the molecule is N#CCCNC(=O)CNCC1(CCO)CC1. The molecule has 1 rings (SSSR count). The lowest BCUT2D eigenvalue weighted by Crippen LogP contribution is -2.37. The normalized spacial score (nSPS) is 16.5. The van der Waals surface area contributed by atoms with Crippen molar-refractivity contribution in [2.24, 2.45) is 5.41 Å². The Morgan fingerprint density at radius 2 is 2.25 bits per heavy atom. The number of carbonyl (C=O) groups excluding carboxylic acids is 1. The molecule has 0 aliphatic heterocycles. The molecule has 5 nitrogen and oxygen atoms in total. The third-order valence-corrected chi connectivity index (χ3v) is 2.94. The van der Waals surface area contributed by atoms with Crippen molar-refractivity contribution in [2.45, 2.75) is 25.7 Å². The van der Waals surface area contributed by atoms with Gasteiger partial charge in [-0.3, -0.25) is 4.79 Å². The summed E-state index contributed by atoms with van der Waals surface area (Å²) in [6.45, 7) is 1.71. The summed E-state index contributed by atoms with van der Waals surface area (Å²) in [5.74, 6) is -0.0740. The summed E-state index contributed by atoms with van der Waals surface area (Å²) in [6, 6.07) is 1.97. The maximum Gasteiger partial charge on any atom is 0.233 e. The Hall–Kier alpha value is -1.12. The van der Waals surface area contributed by atoms with Gasteiger partial charge >= 0.3 is 0 Å². The summed E-state index contributed by atoms with van der Waals surface area (Å²) in [4.78, 5) is 11.2. The summed E-state index contributed by atoms with van der Waals surface area (Å²) in [5, 5.41) is 22.9. The van der Waals surface area contributed by atoms with Crippen molar-refractivity contribution in [2.75, 3.05) is 26.2 Å². The first kappa shape index (κ1) is 12.9. The second kappa shape index (κ2) is 6.46. The molecule has 0 aromatic heterocycles. The molecule has 1 saturated carbocycles. The maximum absolute atomic E-state index is 11.2. The van der Waals surface area contributed by atoms with Gasteiger partial charge in [0.25, 0.3) is 0 Å². The van der Waals surface area contributed by atoms with Crippen LogP contribution in [0.4, 0.5) is 0 Å². The van der Waals surface area contributed by atoms with Crippen molar-refractivity contribution in [3.05, 3.63) is 0 Å². The molecule has 1 aliphatic rings. The van der Waals surface area contributed by atoms with E-state index in [0.29, 0.717) is 19.5 Å². The molecule has 0 atom stereocenters. The number of hydrogen-bond acceptors (Lipinski definition) is 4. The highest BCUT2D eigenvalue weighted by Gasteiger charge is 2.41. The number of amides is 1. The number of aliphatic hydroxyl groups excluding tert-OH is 1. The van der Waals surface area contributed by atoms with Crippen molar-refractivity contribution < 1.29 is 9.90 Å². The molecule has 0 radical (unpaired) electrons. The van der Waals surface area contributed by atoms with Crippen LogP contribution in [0.1, 0.15) is 25.7 Å². The molecule has 0 bridgehead atoms. The number of hydrogen-bond donors (Lipinski definition) is 3. The van der Waals surface area contributed by atoms with Gasteiger partial charge in [-0.15, -0.1) is 0 Å². The fraction of sp³-hybridized carbons (Fsp3) is 0.818. The predicted molar refractivity (Wildman–Crippen MR) is 59.5 cm³/mol. The van der Waals surface area contributed by atoms with Gasteiger partial charge in [-0.1, -0.05) is 0 Å². The molecule has 1 fully saturated rings. The van der Waals surface area contributed by atoms with Crippen LogP contribution in [0.3, 0.4) is 0 Å². The molecule has 0 saturated heterocycles. The Morgan fingerprint density at radius 1 is 1.50 bits per heavy atom. The second-order valence-electron chi connectivity index (χ2n) is 4.34. The van der Waals surface area contributed by atoms with Gasteiger partial charge in [0.1, 0.15) is 0 Å². The van der Waals surface area contributed by atoms with Crippen LogP contribution >= 0.6 is 0 Å². The van der Waals surface area contributed by atoms with Crippen molar-refractivity contribution in [3.8, 4) is 6.07 Å². The minimum atomic E-state index is -0.0740. The number of aliphatic hydroxyl groups is 1. The molecule has 90 valence electrons. The highest BCUT2D eigenvalue weighted by atomic mass is 16.3. The fourth-order valence-electron chi connectivity index (χ4n) is 1.69. The first-order valence-corrected chi connectivity index (χ1v) is 5.68. The molecule has 1 aliphatic carbocycles. The Balaban J connectivity index is 2.02. The van der Waals surface area contributed by atoms with E-state index >= 15 is 0 Å². The minimum Gasteiger partial charge on any atom is -0.396 e. The van der Waals surface area contributed by atoms with Crippen LogP contribution in [0.25, 0.3) is 0 Å². The first-order valence-electron chi connectivity index (χ1n) is 5.68. The largest absolute Gasteiger partial charge is 0.396 e. The van der Waals surface area contributed by atoms with Gasteiger partial charge in [0.2, 0.25) is 5.91 Å². The van der Waals surface area contributed by atoms with Gasteiger partial charge in [0.15, 0.2) is 0 Å². The maximum atomic E-state index is 11.2. The average Bonchev–Trinajstić information content (AvgIpc) is 2.99. The zero-order chi connectivity index (χ0) is 11.9. The lowest BCUT2D eigenvalue weighted by Gasteiger charge is -2.14. The van der Waals surface area contributed by atoms with E-state index in [0.717, 1.165) is 25.8 Å². The van der Waals surface area contributed by atoms with E-state index < -0.39 is 0 Å². The molecule has 0 aromatic rings. The van der Waals surface area contributed by atoms with Crippen LogP contribution in [0, 0.1) is 16.7 Å². The third-order valence-electron chi connectivity index (χ3n) is 2.94. The van der Waals surface area contributed by atoms with Crippen molar-refractivity contribution >= 4 is 5.91 Å². The van der Waals surface area contributed by atoms with Gasteiger partial charge in [0.05, 0.1) is 19.0 Å². The van der Waals surface area contributed by atoms with Gasteiger partial charge in [0, 0.05) is 19.7 Å². The van der Waals surface area contributed by atoms with Crippen LogP contribution in [0.15, 0.2) is 0 Å². The number of nitrogens with one attached hydrogen (secondary N) is 2. The Labute approximate surface area is 95.8 Å². The molecule has 0 aromatic carbocycles. The highest BCUT2D eigenvalue weighted by molar-refractivity contribution is 5.77. The van der Waals surface area contributed by atoms with Gasteiger partial charge in [-0.05, 0) is 24.7 Å². The van der Waals surface area contributed by atoms with Crippen LogP contribution < -0.4 is 10.6 Å². The van der Waals surface area contributed by atoms with E-state index in [2.05, 4.69) is 10.6 Å². The standard InChI is InChI=1S/C11H19N3O2/c12-5-1-6-14-10(16)8-13-9-11(2-3-11)4-7-15/h13,15H,1-4,6-9H2,(H,14,16). The monoisotopic (exact) mass is 225 g/mol. The summed E-state index contributed by atoms with van der Waals surface area (Å²) in [7, 11) is 0. The first-order chi connectivity index (χ1) is 7.72. The summed E-state index contributed by atoms with van der Waals surface area (Å²) >= 11 is 0. The van der Waals surface area contributed by atoms with Crippen LogP contribution in [0.2, 0.25) is 0 Å². The summed E-state index contributed by atoms with van der Waals surface area (Å²) in [6.07, 6.45) is 3.43. The van der Waals surface area contributed by atoms with Crippen LogP contribution in [-0.2, 0) is 4.79 Å². The minimum absolute atomic E-state index is 0.0740. The lowest BCUT2D eigenvalue weighted by atomic mass is 10.0. The summed E-state index contributed by atoms with van der Waals surface area (Å²) < 4.78 is 0. The second-order valence-corrected chi connectivity index (χ2v) is 4.34. The smallest absolute Gasteiger partial charge is 0.233 e. The van der Waals surface area contributed by atoms with E-state index in [9.17, 15) is 4.79 Å². The molecule has 0 spiro atoms. The highest BCUT2D eigenvalue weighted by Crippen LogP contribution is 2.47. The van der Waals surface area contributed by atoms with Crippen LogP contribution in [-0.4, -0.2) is 37.3 Å². The molecule has 16 heavy (non-hydrogen) atoms. The molecule has 5 heteroatoms.